The van der Waals surface area contributed by atoms with Crippen molar-refractivity contribution >= 4 is 16.6 Å². The minimum atomic E-state index is 0.430. The van der Waals surface area contributed by atoms with Crippen LogP contribution in [0.1, 0.15) is 12.1 Å². The van der Waals surface area contributed by atoms with Gasteiger partial charge < -0.3 is 19.6 Å². The van der Waals surface area contributed by atoms with Crippen molar-refractivity contribution in [3.8, 4) is 11.5 Å². The Balaban J connectivity index is 2.16. The summed E-state index contributed by atoms with van der Waals surface area (Å²) < 4.78 is 16.5. The lowest BCUT2D eigenvalue weighted by atomic mass is 10.1. The summed E-state index contributed by atoms with van der Waals surface area (Å²) in [6, 6.07) is 5.67. The van der Waals surface area contributed by atoms with Crippen LogP contribution in [0.3, 0.4) is 0 Å². The molecule has 0 saturated carbocycles. The van der Waals surface area contributed by atoms with Gasteiger partial charge in [-0.05, 0) is 12.1 Å². The number of pyridine rings is 1. The molecule has 1 aliphatic rings. The molecule has 1 aromatic carbocycles. The van der Waals surface area contributed by atoms with Crippen LogP contribution in [0.25, 0.3) is 10.9 Å². The number of hydrogen-bond donors (Lipinski definition) is 2. The zero-order valence-corrected chi connectivity index (χ0v) is 11.3. The van der Waals surface area contributed by atoms with E-state index in [1.165, 1.54) is 0 Å². The Morgan fingerprint density at radius 2 is 2.00 bits per heavy atom. The summed E-state index contributed by atoms with van der Waals surface area (Å²) in [4.78, 5) is 4.56. The first kappa shape index (κ1) is 13.0. The Bertz CT molecular complexity index is 631. The number of methoxy groups -OCH3 is 1. The second-order valence-corrected chi connectivity index (χ2v) is 4.61. The van der Waals surface area contributed by atoms with Crippen molar-refractivity contribution in [3.63, 3.8) is 0 Å². The molecule has 0 atom stereocenters. The molecule has 0 saturated heterocycles. The quantitative estimate of drug-likeness (QED) is 0.657. The summed E-state index contributed by atoms with van der Waals surface area (Å²) in [5.41, 5.74) is 5.10. The number of benzene rings is 1. The lowest BCUT2D eigenvalue weighted by Gasteiger charge is -2.12. The monoisotopic (exact) mass is 275 g/mol. The van der Waals surface area contributed by atoms with Crippen molar-refractivity contribution in [1.29, 1.82) is 0 Å². The van der Waals surface area contributed by atoms with Gasteiger partial charge in [-0.1, -0.05) is 0 Å². The van der Waals surface area contributed by atoms with Gasteiger partial charge in [-0.2, -0.15) is 0 Å². The highest BCUT2D eigenvalue weighted by atomic mass is 16.5. The predicted octanol–water partition coefficient (Wildman–Crippen LogP) is 1.83. The van der Waals surface area contributed by atoms with Gasteiger partial charge in [0.1, 0.15) is 0 Å². The number of nitrogens with zero attached hydrogens (tertiary/aromatic N) is 1. The number of hydrogen-bond acceptors (Lipinski definition) is 6. The van der Waals surface area contributed by atoms with Gasteiger partial charge in [-0.15, -0.1) is 0 Å². The first-order valence-electron chi connectivity index (χ1n) is 6.50. The first-order valence-corrected chi connectivity index (χ1v) is 6.50. The van der Waals surface area contributed by atoms with E-state index in [0.717, 1.165) is 40.2 Å². The summed E-state index contributed by atoms with van der Waals surface area (Å²) in [6.07, 6.45) is 0.870. The van der Waals surface area contributed by atoms with E-state index in [9.17, 15) is 0 Å². The lowest BCUT2D eigenvalue weighted by molar-refractivity contribution is 0.182. The molecule has 106 valence electrons. The Hall–Kier alpha value is -2.05. The highest BCUT2D eigenvalue weighted by molar-refractivity contribution is 5.93. The first-order chi connectivity index (χ1) is 9.81. The number of ether oxygens (including phenoxy) is 3. The van der Waals surface area contributed by atoms with Gasteiger partial charge in [0, 0.05) is 25.0 Å². The van der Waals surface area contributed by atoms with Crippen LogP contribution in [0.4, 0.5) is 5.69 Å². The molecule has 0 amide bonds. The predicted molar refractivity (Wildman–Crippen MR) is 75.9 cm³/mol. The molecular formula is C14H17N3O3. The number of aromatic nitrogens is 1. The van der Waals surface area contributed by atoms with Crippen molar-refractivity contribution in [2.75, 3.05) is 25.7 Å². The number of nitrogens with two attached hydrogens (primary N) is 1. The standard InChI is InChI=1S/C14H17N3O3/c1-18-8-9-5-12(17-15)10-6-13-14(7-11(10)16-9)20-4-2-3-19-13/h5-7H,2-4,8,15H2,1H3,(H,16,17). The highest BCUT2D eigenvalue weighted by Crippen LogP contribution is 2.36. The molecule has 0 spiro atoms. The van der Waals surface area contributed by atoms with Crippen molar-refractivity contribution < 1.29 is 14.2 Å². The summed E-state index contributed by atoms with van der Waals surface area (Å²) in [6.45, 7) is 1.73. The lowest BCUT2D eigenvalue weighted by Crippen LogP contribution is -2.09. The minimum Gasteiger partial charge on any atom is -0.490 e. The van der Waals surface area contributed by atoms with E-state index in [1.54, 1.807) is 7.11 Å². The third kappa shape index (κ3) is 2.35. The third-order valence-electron chi connectivity index (χ3n) is 3.18. The summed E-state index contributed by atoms with van der Waals surface area (Å²) in [7, 11) is 1.63. The number of nitrogens with one attached hydrogen (secondary N) is 1. The number of fused-ring (bicyclic) bond motifs is 2. The van der Waals surface area contributed by atoms with Gasteiger partial charge >= 0.3 is 0 Å². The summed E-state index contributed by atoms with van der Waals surface area (Å²) >= 11 is 0. The Morgan fingerprint density at radius 3 is 2.70 bits per heavy atom. The summed E-state index contributed by atoms with van der Waals surface area (Å²) in [5.74, 6) is 7.05. The normalized spacial score (nSPS) is 14.1. The van der Waals surface area contributed by atoms with Crippen LogP contribution in [0, 0.1) is 0 Å². The number of anilines is 1. The summed E-state index contributed by atoms with van der Waals surface area (Å²) in [5, 5.41) is 0.900. The van der Waals surface area contributed by atoms with E-state index >= 15 is 0 Å². The van der Waals surface area contributed by atoms with Gasteiger partial charge in [0.05, 0.1) is 36.7 Å². The van der Waals surface area contributed by atoms with E-state index in [0.29, 0.717) is 19.8 Å². The van der Waals surface area contributed by atoms with Gasteiger partial charge in [0.25, 0.3) is 0 Å². The molecule has 0 fully saturated rings. The van der Waals surface area contributed by atoms with E-state index < -0.39 is 0 Å². The van der Waals surface area contributed by atoms with Crippen molar-refractivity contribution in [2.24, 2.45) is 5.84 Å². The van der Waals surface area contributed by atoms with Crippen LogP contribution in [0.2, 0.25) is 0 Å². The molecule has 0 radical (unpaired) electrons. The van der Waals surface area contributed by atoms with Crippen LogP contribution < -0.4 is 20.7 Å². The number of hydrazine groups is 1. The Labute approximate surface area is 116 Å². The molecule has 0 aliphatic carbocycles. The Morgan fingerprint density at radius 1 is 1.25 bits per heavy atom. The van der Waals surface area contributed by atoms with Crippen LogP contribution in [0.5, 0.6) is 11.5 Å². The maximum Gasteiger partial charge on any atom is 0.163 e. The zero-order chi connectivity index (χ0) is 13.9. The Kier molecular flexibility index (Phi) is 3.58. The van der Waals surface area contributed by atoms with E-state index in [1.807, 2.05) is 18.2 Å². The van der Waals surface area contributed by atoms with Gasteiger partial charge in [0.15, 0.2) is 11.5 Å². The molecule has 3 N–H and O–H groups in total. The zero-order valence-electron chi connectivity index (χ0n) is 11.3. The molecule has 0 unspecified atom stereocenters. The topological polar surface area (TPSA) is 78.6 Å². The van der Waals surface area contributed by atoms with Crippen LogP contribution in [-0.2, 0) is 11.3 Å². The molecular weight excluding hydrogens is 258 g/mol. The van der Waals surface area contributed by atoms with E-state index in [4.69, 9.17) is 20.1 Å². The van der Waals surface area contributed by atoms with Crippen molar-refractivity contribution in [3.05, 3.63) is 23.9 Å². The van der Waals surface area contributed by atoms with Crippen LogP contribution in [0.15, 0.2) is 18.2 Å². The molecule has 2 heterocycles. The van der Waals surface area contributed by atoms with Crippen molar-refractivity contribution in [2.45, 2.75) is 13.0 Å². The molecule has 2 aromatic rings. The third-order valence-corrected chi connectivity index (χ3v) is 3.18. The molecule has 0 bridgehead atoms. The van der Waals surface area contributed by atoms with Crippen LogP contribution in [-0.4, -0.2) is 25.3 Å². The fourth-order valence-electron chi connectivity index (χ4n) is 2.28. The molecule has 1 aliphatic heterocycles. The fraction of sp³-hybridized carbons (Fsp3) is 0.357. The largest absolute Gasteiger partial charge is 0.490 e. The van der Waals surface area contributed by atoms with Gasteiger partial charge in [-0.25, -0.2) is 0 Å². The average molecular weight is 275 g/mol. The van der Waals surface area contributed by atoms with Crippen molar-refractivity contribution in [1.82, 2.24) is 4.98 Å². The molecule has 20 heavy (non-hydrogen) atoms. The molecule has 3 rings (SSSR count). The van der Waals surface area contributed by atoms with E-state index in [2.05, 4.69) is 10.4 Å². The van der Waals surface area contributed by atoms with Gasteiger partial charge in [-0.3, -0.25) is 10.8 Å². The maximum atomic E-state index is 5.69. The minimum absolute atomic E-state index is 0.430. The fourth-order valence-corrected chi connectivity index (χ4v) is 2.28. The van der Waals surface area contributed by atoms with E-state index in [-0.39, 0.29) is 0 Å². The smallest absolute Gasteiger partial charge is 0.163 e. The molecule has 1 aromatic heterocycles. The van der Waals surface area contributed by atoms with Crippen LogP contribution >= 0.6 is 0 Å². The highest BCUT2D eigenvalue weighted by Gasteiger charge is 2.14. The molecule has 6 heteroatoms. The number of nitrogen functional groups attached to an aromatic ring is 1. The molecule has 6 nitrogen and oxygen atoms in total. The maximum absolute atomic E-state index is 5.69. The average Bonchev–Trinajstić information content (AvgIpc) is 2.69. The SMILES string of the molecule is COCc1cc(NN)c2cc3c(cc2n1)OCCCO3. The number of rotatable bonds is 3. The second kappa shape index (κ2) is 5.52. The second-order valence-electron chi connectivity index (χ2n) is 4.61. The van der Waals surface area contributed by atoms with Gasteiger partial charge in [0.2, 0.25) is 0 Å².